The van der Waals surface area contributed by atoms with Crippen LogP contribution in [0.15, 0.2) is 36.4 Å². The molecule has 2 aliphatic rings. The number of hydrogen-bond acceptors (Lipinski definition) is 5. The molecule has 162 valence electrons. The van der Waals surface area contributed by atoms with E-state index in [1.54, 1.807) is 12.1 Å². The van der Waals surface area contributed by atoms with Gasteiger partial charge in [-0.2, -0.15) is 13.2 Å². The maximum Gasteiger partial charge on any atom is 0.422 e. The molecule has 29 heavy (non-hydrogen) atoms. The van der Waals surface area contributed by atoms with Crippen molar-refractivity contribution >= 4 is 0 Å². The van der Waals surface area contributed by atoms with Gasteiger partial charge in [0.15, 0.2) is 19.2 Å². The Morgan fingerprint density at radius 1 is 0.966 bits per heavy atom. The smallest absolute Gasteiger partial charge is 0.422 e. The van der Waals surface area contributed by atoms with E-state index in [1.807, 2.05) is 13.0 Å². The van der Waals surface area contributed by atoms with E-state index >= 15 is 0 Å². The van der Waals surface area contributed by atoms with Crippen molar-refractivity contribution in [3.63, 3.8) is 0 Å². The summed E-state index contributed by atoms with van der Waals surface area (Å²) in [5, 5.41) is 0. The van der Waals surface area contributed by atoms with E-state index in [9.17, 15) is 13.2 Å². The second-order valence-corrected chi connectivity index (χ2v) is 7.30. The van der Waals surface area contributed by atoms with Crippen LogP contribution in [0.3, 0.4) is 0 Å². The monoisotopic (exact) mass is 416 g/mol. The molecule has 0 aromatic heterocycles. The summed E-state index contributed by atoms with van der Waals surface area (Å²) < 4.78 is 64.3. The third-order valence-corrected chi connectivity index (χ3v) is 4.79. The van der Waals surface area contributed by atoms with Crippen LogP contribution < -0.4 is 4.74 Å². The second-order valence-electron chi connectivity index (χ2n) is 7.30. The Labute approximate surface area is 168 Å². The first-order valence-electron chi connectivity index (χ1n) is 9.81. The van der Waals surface area contributed by atoms with Gasteiger partial charge in [-0.3, -0.25) is 0 Å². The molecule has 0 unspecified atom stereocenters. The Morgan fingerprint density at radius 3 is 2.21 bits per heavy atom. The summed E-state index contributed by atoms with van der Waals surface area (Å²) >= 11 is 0. The van der Waals surface area contributed by atoms with E-state index in [1.165, 1.54) is 12.1 Å². The van der Waals surface area contributed by atoms with Gasteiger partial charge in [0.05, 0.1) is 26.4 Å². The average molecular weight is 416 g/mol. The molecule has 0 atom stereocenters. The van der Waals surface area contributed by atoms with Crippen molar-refractivity contribution in [2.75, 3.05) is 33.0 Å². The molecule has 0 amide bonds. The first-order chi connectivity index (χ1) is 13.9. The van der Waals surface area contributed by atoms with E-state index in [0.29, 0.717) is 32.3 Å². The SMILES string of the molecule is C/C=C\C1COC(CCC2COC(c3ccc(OCC(F)(F)F)cc3)OC2)OC1. The van der Waals surface area contributed by atoms with Gasteiger partial charge in [-0.15, -0.1) is 0 Å². The molecular formula is C21H27F3O5. The van der Waals surface area contributed by atoms with Gasteiger partial charge in [-0.05, 0) is 31.9 Å². The fraction of sp³-hybridized carbons (Fsp3) is 0.619. The van der Waals surface area contributed by atoms with Gasteiger partial charge < -0.3 is 23.7 Å². The summed E-state index contributed by atoms with van der Waals surface area (Å²) in [6.07, 6.45) is 0.698. The van der Waals surface area contributed by atoms with Gasteiger partial charge in [0.1, 0.15) is 5.75 Å². The van der Waals surface area contributed by atoms with Crippen molar-refractivity contribution in [2.45, 2.75) is 38.5 Å². The zero-order chi connectivity index (χ0) is 20.7. The number of ether oxygens (including phenoxy) is 5. The Balaban J connectivity index is 1.36. The van der Waals surface area contributed by atoms with Gasteiger partial charge in [-0.1, -0.05) is 24.3 Å². The molecule has 2 fully saturated rings. The van der Waals surface area contributed by atoms with Crippen LogP contribution >= 0.6 is 0 Å². The van der Waals surface area contributed by atoms with Gasteiger partial charge in [-0.25, -0.2) is 0 Å². The normalized spacial score (nSPS) is 28.6. The van der Waals surface area contributed by atoms with Crippen molar-refractivity contribution in [1.29, 1.82) is 0 Å². The third-order valence-electron chi connectivity index (χ3n) is 4.79. The molecule has 0 aliphatic carbocycles. The lowest BCUT2D eigenvalue weighted by Crippen LogP contribution is -2.33. The zero-order valence-electron chi connectivity index (χ0n) is 16.4. The number of rotatable bonds is 7. The highest BCUT2D eigenvalue weighted by atomic mass is 19.4. The van der Waals surface area contributed by atoms with Crippen LogP contribution in [0.25, 0.3) is 0 Å². The van der Waals surface area contributed by atoms with Crippen molar-refractivity contribution in [2.24, 2.45) is 11.8 Å². The molecule has 1 aromatic carbocycles. The fourth-order valence-electron chi connectivity index (χ4n) is 3.27. The van der Waals surface area contributed by atoms with Crippen LogP contribution in [0.1, 0.15) is 31.6 Å². The molecule has 0 saturated carbocycles. The molecule has 1 aromatic rings. The molecule has 5 nitrogen and oxygen atoms in total. The lowest BCUT2D eigenvalue weighted by atomic mass is 10.0. The minimum absolute atomic E-state index is 0.156. The third kappa shape index (κ3) is 7.29. The molecule has 2 saturated heterocycles. The van der Waals surface area contributed by atoms with Gasteiger partial charge >= 0.3 is 6.18 Å². The molecular weight excluding hydrogens is 389 g/mol. The molecule has 2 aliphatic heterocycles. The molecule has 3 rings (SSSR count). The van der Waals surface area contributed by atoms with Crippen LogP contribution in [0.5, 0.6) is 5.75 Å². The lowest BCUT2D eigenvalue weighted by Gasteiger charge is -2.32. The van der Waals surface area contributed by atoms with E-state index in [0.717, 1.165) is 18.4 Å². The van der Waals surface area contributed by atoms with Crippen LogP contribution in [-0.2, 0) is 18.9 Å². The summed E-state index contributed by atoms with van der Waals surface area (Å²) in [5.74, 6) is 0.730. The van der Waals surface area contributed by atoms with E-state index in [2.05, 4.69) is 6.08 Å². The number of halogens is 3. The number of benzene rings is 1. The highest BCUT2D eigenvalue weighted by Crippen LogP contribution is 2.29. The summed E-state index contributed by atoms with van der Waals surface area (Å²) in [6.45, 7) is 3.12. The van der Waals surface area contributed by atoms with Crippen LogP contribution in [-0.4, -0.2) is 45.5 Å². The largest absolute Gasteiger partial charge is 0.484 e. The van der Waals surface area contributed by atoms with Crippen LogP contribution in [0.4, 0.5) is 13.2 Å². The summed E-state index contributed by atoms with van der Waals surface area (Å²) in [6, 6.07) is 6.28. The standard InChI is InChI=1S/C21H27F3O5/c1-2-3-15-10-25-19(26-11-15)9-4-16-12-27-20(28-13-16)17-5-7-18(8-6-17)29-14-21(22,23)24/h2-3,5-8,15-16,19-20H,4,9-14H2,1H3/b3-2-. The average Bonchev–Trinajstić information content (AvgIpc) is 2.72. The molecule has 0 radical (unpaired) electrons. The fourth-order valence-corrected chi connectivity index (χ4v) is 3.27. The molecule has 8 heteroatoms. The topological polar surface area (TPSA) is 46.2 Å². The molecule has 0 spiro atoms. The minimum atomic E-state index is -4.36. The van der Waals surface area contributed by atoms with Crippen molar-refractivity contribution in [3.05, 3.63) is 42.0 Å². The summed E-state index contributed by atoms with van der Waals surface area (Å²) in [4.78, 5) is 0. The zero-order valence-corrected chi connectivity index (χ0v) is 16.4. The maximum atomic E-state index is 12.2. The quantitative estimate of drug-likeness (QED) is 0.607. The predicted molar refractivity (Wildman–Crippen MR) is 99.4 cm³/mol. The van der Waals surface area contributed by atoms with E-state index < -0.39 is 19.1 Å². The first-order valence-corrected chi connectivity index (χ1v) is 9.81. The predicted octanol–water partition coefficient (Wildman–Crippen LogP) is 4.63. The summed E-state index contributed by atoms with van der Waals surface area (Å²) in [5.41, 5.74) is 0.747. The van der Waals surface area contributed by atoms with Gasteiger partial charge in [0, 0.05) is 17.4 Å². The Hall–Kier alpha value is -1.61. The van der Waals surface area contributed by atoms with Gasteiger partial charge in [0.2, 0.25) is 0 Å². The second kappa shape index (κ2) is 10.4. The Bertz CT molecular complexity index is 631. The van der Waals surface area contributed by atoms with Crippen molar-refractivity contribution in [3.8, 4) is 5.75 Å². The highest BCUT2D eigenvalue weighted by molar-refractivity contribution is 5.28. The maximum absolute atomic E-state index is 12.2. The van der Waals surface area contributed by atoms with Gasteiger partial charge in [0.25, 0.3) is 0 Å². The molecule has 0 bridgehead atoms. The minimum Gasteiger partial charge on any atom is -0.484 e. The number of hydrogen-bond donors (Lipinski definition) is 0. The summed E-state index contributed by atoms with van der Waals surface area (Å²) in [7, 11) is 0. The van der Waals surface area contributed by atoms with Crippen LogP contribution in [0.2, 0.25) is 0 Å². The van der Waals surface area contributed by atoms with Crippen molar-refractivity contribution < 1.29 is 36.9 Å². The Kier molecular flexibility index (Phi) is 7.94. The number of alkyl halides is 3. The van der Waals surface area contributed by atoms with E-state index in [4.69, 9.17) is 23.7 Å². The van der Waals surface area contributed by atoms with E-state index in [-0.39, 0.29) is 18.0 Å². The lowest BCUT2D eigenvalue weighted by molar-refractivity contribution is -0.217. The van der Waals surface area contributed by atoms with Crippen molar-refractivity contribution in [1.82, 2.24) is 0 Å². The molecule has 2 heterocycles. The molecule has 0 N–H and O–H groups in total. The van der Waals surface area contributed by atoms with Crippen LogP contribution in [0, 0.1) is 11.8 Å². The number of allylic oxidation sites excluding steroid dienone is 1. The first kappa shape index (κ1) is 22.1. The Morgan fingerprint density at radius 2 is 1.62 bits per heavy atom. The highest BCUT2D eigenvalue weighted by Gasteiger charge is 2.29.